The molecule has 5 aliphatic rings. The van der Waals surface area contributed by atoms with Crippen LogP contribution in [0.1, 0.15) is 54.4 Å². The van der Waals surface area contributed by atoms with Crippen molar-refractivity contribution < 1.29 is 23.9 Å². The number of thiazole rings is 1. The molecule has 1 atom stereocenters. The number of anilines is 2. The molecule has 1 unspecified atom stereocenters. The second-order valence-corrected chi connectivity index (χ2v) is 17.2. The Morgan fingerprint density at radius 3 is 2.30 bits per heavy atom. The van der Waals surface area contributed by atoms with E-state index in [4.69, 9.17) is 14.5 Å². The van der Waals surface area contributed by atoms with Gasteiger partial charge in [-0.15, -0.1) is 11.3 Å². The van der Waals surface area contributed by atoms with E-state index in [1.54, 1.807) is 16.2 Å². The van der Waals surface area contributed by atoms with Gasteiger partial charge in [0.25, 0.3) is 5.91 Å². The summed E-state index contributed by atoms with van der Waals surface area (Å²) < 4.78 is 14.0. The molecule has 0 spiro atoms. The van der Waals surface area contributed by atoms with Crippen molar-refractivity contribution >= 4 is 50.6 Å². The van der Waals surface area contributed by atoms with Crippen molar-refractivity contribution in [2.45, 2.75) is 69.4 Å². The van der Waals surface area contributed by atoms with Crippen LogP contribution in [0.15, 0.2) is 60.7 Å². The van der Waals surface area contributed by atoms with Gasteiger partial charge in [0, 0.05) is 115 Å². The van der Waals surface area contributed by atoms with Gasteiger partial charge >= 0.3 is 0 Å². The van der Waals surface area contributed by atoms with E-state index >= 15 is 0 Å². The zero-order valence-corrected chi connectivity index (χ0v) is 33.1. The molecular weight excluding hydrogens is 727 g/mol. The molecule has 294 valence electrons. The Hall–Kier alpha value is -4.56. The summed E-state index contributed by atoms with van der Waals surface area (Å²) in [6, 6.07) is 20.3. The Morgan fingerprint density at radius 2 is 1.57 bits per heavy atom. The van der Waals surface area contributed by atoms with Crippen LogP contribution in [0.2, 0.25) is 0 Å². The zero-order valence-electron chi connectivity index (χ0n) is 32.3. The minimum atomic E-state index is -0.584. The average Bonchev–Trinajstić information content (AvgIpc) is 3.77. The monoisotopic (exact) mass is 777 g/mol. The lowest BCUT2D eigenvalue weighted by Gasteiger charge is -2.40. The van der Waals surface area contributed by atoms with Gasteiger partial charge in [0.05, 0.1) is 22.4 Å². The van der Waals surface area contributed by atoms with Gasteiger partial charge in [0.1, 0.15) is 22.9 Å². The standard InChI is InChI=1S/C43H51N7O5S/c1-46(2)30-6-3-28(4-7-30)42-44-37-10-9-33(26-39(37)56-42)55-35-24-34(25-35)54-32-13-15-47(16-14-32)17-18-48-19-21-49(22-20-48)31-8-5-29-27-50(43(53)36(29)23-31)38-11-12-40(51)45-41(38)52/h3-10,23,26,32,34-35,38H,11-22,24-25,27H2,1-2H3,(H,45,51,52). The molecule has 3 saturated heterocycles. The summed E-state index contributed by atoms with van der Waals surface area (Å²) in [5, 5.41) is 3.41. The van der Waals surface area contributed by atoms with E-state index in [1.807, 2.05) is 18.2 Å². The number of amides is 3. The quantitative estimate of drug-likeness (QED) is 0.209. The van der Waals surface area contributed by atoms with Crippen LogP contribution in [0.5, 0.6) is 5.75 Å². The van der Waals surface area contributed by atoms with Gasteiger partial charge in [-0.2, -0.15) is 0 Å². The summed E-state index contributed by atoms with van der Waals surface area (Å²) in [4.78, 5) is 53.4. The van der Waals surface area contributed by atoms with Gasteiger partial charge in [-0.1, -0.05) is 6.07 Å². The molecule has 5 heterocycles. The van der Waals surface area contributed by atoms with E-state index in [9.17, 15) is 14.4 Å². The first-order valence-electron chi connectivity index (χ1n) is 20.2. The maximum Gasteiger partial charge on any atom is 0.255 e. The van der Waals surface area contributed by atoms with E-state index in [1.165, 1.54) is 5.69 Å². The summed E-state index contributed by atoms with van der Waals surface area (Å²) in [5.41, 5.74) is 6.00. The number of imide groups is 1. The highest BCUT2D eigenvalue weighted by molar-refractivity contribution is 7.21. The number of piperidine rings is 2. The molecule has 12 nitrogen and oxygen atoms in total. The summed E-state index contributed by atoms with van der Waals surface area (Å²) >= 11 is 1.71. The molecule has 3 amide bonds. The summed E-state index contributed by atoms with van der Waals surface area (Å²) in [6.45, 7) is 8.51. The van der Waals surface area contributed by atoms with E-state index in [0.717, 1.165) is 116 Å². The van der Waals surface area contributed by atoms with Crippen molar-refractivity contribution in [3.63, 3.8) is 0 Å². The second kappa shape index (κ2) is 15.8. The highest BCUT2D eigenvalue weighted by Gasteiger charge is 2.39. The lowest BCUT2D eigenvalue weighted by atomic mass is 9.91. The maximum atomic E-state index is 13.3. The van der Waals surface area contributed by atoms with Crippen LogP contribution in [0, 0.1) is 0 Å². The lowest BCUT2D eigenvalue weighted by molar-refractivity contribution is -0.136. The van der Waals surface area contributed by atoms with Crippen LogP contribution in [0.25, 0.3) is 20.8 Å². The SMILES string of the molecule is CN(C)c1ccc(-c2nc3ccc(OC4CC(OC5CCN(CCN6CCN(c7ccc8c(c7)C(=O)N(C7CCC(=O)NC7=O)C8)CC6)CC5)C4)cc3s2)cc1. The molecule has 1 aliphatic carbocycles. The minimum absolute atomic E-state index is 0.117. The Bertz CT molecular complexity index is 2080. The molecule has 1 aromatic heterocycles. The molecular formula is C43H51N7O5S. The first-order valence-corrected chi connectivity index (χ1v) is 21.0. The van der Waals surface area contributed by atoms with Crippen molar-refractivity contribution in [3.05, 3.63) is 71.8 Å². The highest BCUT2D eigenvalue weighted by atomic mass is 32.1. The van der Waals surface area contributed by atoms with E-state index in [0.29, 0.717) is 24.6 Å². The molecule has 4 aromatic rings. The normalized spacial score (nSPS) is 23.7. The van der Waals surface area contributed by atoms with Crippen LogP contribution in [0.4, 0.5) is 11.4 Å². The molecule has 56 heavy (non-hydrogen) atoms. The fourth-order valence-electron chi connectivity index (χ4n) is 8.71. The minimum Gasteiger partial charge on any atom is -0.490 e. The van der Waals surface area contributed by atoms with Crippen molar-refractivity contribution in [1.29, 1.82) is 0 Å². The third-order valence-corrected chi connectivity index (χ3v) is 13.3. The molecule has 9 rings (SSSR count). The number of ether oxygens (including phenoxy) is 2. The molecule has 3 aromatic carbocycles. The largest absolute Gasteiger partial charge is 0.490 e. The number of fused-ring (bicyclic) bond motifs is 2. The molecule has 0 radical (unpaired) electrons. The van der Waals surface area contributed by atoms with Gasteiger partial charge in [-0.05, 0) is 79.4 Å². The van der Waals surface area contributed by atoms with Gasteiger partial charge in [0.2, 0.25) is 11.8 Å². The predicted molar refractivity (Wildman–Crippen MR) is 219 cm³/mol. The first kappa shape index (κ1) is 37.0. The van der Waals surface area contributed by atoms with Crippen molar-refractivity contribution in [2.75, 3.05) is 76.3 Å². The number of likely N-dealkylation sites (tertiary alicyclic amines) is 1. The number of piperazine rings is 1. The fraction of sp³-hybridized carbons (Fsp3) is 0.488. The summed E-state index contributed by atoms with van der Waals surface area (Å²) in [6.07, 6.45) is 5.50. The zero-order chi connectivity index (χ0) is 38.3. The van der Waals surface area contributed by atoms with E-state index in [-0.39, 0.29) is 36.4 Å². The van der Waals surface area contributed by atoms with Gasteiger partial charge < -0.3 is 29.1 Å². The third-order valence-electron chi connectivity index (χ3n) is 12.2. The van der Waals surface area contributed by atoms with Crippen LogP contribution < -0.4 is 19.9 Å². The maximum absolute atomic E-state index is 13.3. The number of aromatic nitrogens is 1. The second-order valence-electron chi connectivity index (χ2n) is 16.2. The predicted octanol–water partition coefficient (Wildman–Crippen LogP) is 5.00. The van der Waals surface area contributed by atoms with Crippen LogP contribution in [-0.4, -0.2) is 128 Å². The number of carbonyl (C=O) groups is 3. The van der Waals surface area contributed by atoms with Crippen molar-refractivity contribution in [1.82, 2.24) is 25.0 Å². The molecule has 13 heteroatoms. The fourth-order valence-corrected chi connectivity index (χ4v) is 9.71. The average molecular weight is 778 g/mol. The number of carbonyl (C=O) groups excluding carboxylic acids is 3. The smallest absolute Gasteiger partial charge is 0.255 e. The Balaban J connectivity index is 0.669. The van der Waals surface area contributed by atoms with Crippen LogP contribution in [0.3, 0.4) is 0 Å². The summed E-state index contributed by atoms with van der Waals surface area (Å²) in [5.74, 6) is 0.156. The number of hydrogen-bond donors (Lipinski definition) is 1. The van der Waals surface area contributed by atoms with Gasteiger partial charge in [0.15, 0.2) is 0 Å². The van der Waals surface area contributed by atoms with Gasteiger partial charge in [-0.3, -0.25) is 24.6 Å². The number of nitrogens with zero attached hydrogens (tertiary/aromatic N) is 6. The number of benzene rings is 3. The topological polar surface area (TPSA) is 111 Å². The Kier molecular flexibility index (Phi) is 10.4. The van der Waals surface area contributed by atoms with Crippen LogP contribution >= 0.6 is 11.3 Å². The molecule has 1 N–H and O–H groups in total. The van der Waals surface area contributed by atoms with Gasteiger partial charge in [-0.25, -0.2) is 4.98 Å². The highest BCUT2D eigenvalue weighted by Crippen LogP contribution is 2.36. The lowest BCUT2D eigenvalue weighted by Crippen LogP contribution is -2.52. The number of nitrogens with one attached hydrogen (secondary N) is 1. The van der Waals surface area contributed by atoms with Crippen molar-refractivity contribution in [2.24, 2.45) is 0 Å². The molecule has 1 saturated carbocycles. The first-order chi connectivity index (χ1) is 27.2. The molecule has 0 bridgehead atoms. The van der Waals surface area contributed by atoms with Crippen LogP contribution in [-0.2, 0) is 20.9 Å². The van der Waals surface area contributed by atoms with Crippen molar-refractivity contribution in [3.8, 4) is 16.3 Å². The molecule has 4 fully saturated rings. The third kappa shape index (κ3) is 7.87. The van der Waals surface area contributed by atoms with E-state index in [2.05, 4.69) is 81.5 Å². The Morgan fingerprint density at radius 1 is 0.821 bits per heavy atom. The van der Waals surface area contributed by atoms with E-state index < -0.39 is 6.04 Å². The number of rotatable bonds is 11. The molecule has 4 aliphatic heterocycles. The Labute approximate surface area is 332 Å². The number of hydrogen-bond acceptors (Lipinski definition) is 11. The summed E-state index contributed by atoms with van der Waals surface area (Å²) in [7, 11) is 4.10.